The molecular formula is C14H24N2OS. The number of ether oxygens (including phenoxy) is 1. The van der Waals surface area contributed by atoms with Crippen LogP contribution in [0.1, 0.15) is 42.5 Å². The van der Waals surface area contributed by atoms with E-state index >= 15 is 0 Å². The van der Waals surface area contributed by atoms with Crippen LogP contribution in [-0.4, -0.2) is 25.3 Å². The monoisotopic (exact) mass is 268 g/mol. The van der Waals surface area contributed by atoms with Crippen molar-refractivity contribution in [2.24, 2.45) is 5.73 Å². The Hall–Kier alpha value is -0.420. The van der Waals surface area contributed by atoms with Crippen molar-refractivity contribution < 1.29 is 4.74 Å². The van der Waals surface area contributed by atoms with Crippen LogP contribution in [-0.2, 0) is 11.2 Å². The van der Waals surface area contributed by atoms with Gasteiger partial charge in [-0.05, 0) is 38.3 Å². The van der Waals surface area contributed by atoms with Crippen LogP contribution < -0.4 is 11.1 Å². The van der Waals surface area contributed by atoms with Gasteiger partial charge in [0, 0.05) is 29.5 Å². The first-order chi connectivity index (χ1) is 8.67. The lowest BCUT2D eigenvalue weighted by atomic mass is 10.0. The van der Waals surface area contributed by atoms with E-state index in [1.807, 2.05) is 11.3 Å². The molecule has 0 saturated carbocycles. The molecule has 2 unspecified atom stereocenters. The summed E-state index contributed by atoms with van der Waals surface area (Å²) >= 11 is 1.86. The molecule has 1 aromatic heterocycles. The van der Waals surface area contributed by atoms with E-state index in [1.54, 1.807) is 0 Å². The summed E-state index contributed by atoms with van der Waals surface area (Å²) < 4.78 is 5.80. The zero-order valence-electron chi connectivity index (χ0n) is 11.4. The lowest BCUT2D eigenvalue weighted by Crippen LogP contribution is -2.40. The van der Waals surface area contributed by atoms with Gasteiger partial charge in [-0.1, -0.05) is 6.92 Å². The van der Waals surface area contributed by atoms with Crippen molar-refractivity contribution in [3.8, 4) is 0 Å². The molecule has 1 aliphatic heterocycles. The van der Waals surface area contributed by atoms with Gasteiger partial charge in [-0.25, -0.2) is 0 Å². The predicted molar refractivity (Wildman–Crippen MR) is 77.1 cm³/mol. The number of nitrogens with one attached hydrogen (secondary N) is 1. The molecule has 0 bridgehead atoms. The molecule has 2 atom stereocenters. The van der Waals surface area contributed by atoms with E-state index in [2.05, 4.69) is 31.3 Å². The minimum atomic E-state index is -0.00172. The average molecular weight is 268 g/mol. The number of hydrogen-bond donors (Lipinski definition) is 2. The number of thiophene rings is 1. The summed E-state index contributed by atoms with van der Waals surface area (Å²) in [5.41, 5.74) is 5.89. The van der Waals surface area contributed by atoms with Crippen molar-refractivity contribution in [2.45, 2.75) is 44.8 Å². The van der Waals surface area contributed by atoms with E-state index in [-0.39, 0.29) is 11.6 Å². The standard InChI is InChI=1S/C14H24N2OS/c1-3-11-5-6-13(18-11)12(9-15)16-10-14(2)7-4-8-17-14/h5-6,12,16H,3-4,7-10,15H2,1-2H3. The molecule has 3 nitrogen and oxygen atoms in total. The molecule has 2 rings (SSSR count). The SMILES string of the molecule is CCc1ccc(C(CN)NCC2(C)CCCO2)s1. The highest BCUT2D eigenvalue weighted by atomic mass is 32.1. The van der Waals surface area contributed by atoms with Gasteiger partial charge < -0.3 is 15.8 Å². The third kappa shape index (κ3) is 3.32. The van der Waals surface area contributed by atoms with Crippen molar-refractivity contribution >= 4 is 11.3 Å². The van der Waals surface area contributed by atoms with Gasteiger partial charge in [-0.3, -0.25) is 0 Å². The lowest BCUT2D eigenvalue weighted by molar-refractivity contribution is 0.0190. The highest BCUT2D eigenvalue weighted by Crippen LogP contribution is 2.27. The molecule has 18 heavy (non-hydrogen) atoms. The van der Waals surface area contributed by atoms with Crippen LogP contribution in [0.5, 0.6) is 0 Å². The topological polar surface area (TPSA) is 47.3 Å². The maximum absolute atomic E-state index is 5.89. The molecule has 1 fully saturated rings. The molecule has 0 aromatic carbocycles. The van der Waals surface area contributed by atoms with Crippen molar-refractivity contribution in [1.82, 2.24) is 5.32 Å². The van der Waals surface area contributed by atoms with Crippen LogP contribution in [0.15, 0.2) is 12.1 Å². The van der Waals surface area contributed by atoms with E-state index in [9.17, 15) is 0 Å². The molecule has 0 aliphatic carbocycles. The zero-order chi connectivity index (χ0) is 13.0. The Morgan fingerprint density at radius 3 is 2.94 bits per heavy atom. The summed E-state index contributed by atoms with van der Waals surface area (Å²) in [4.78, 5) is 2.77. The van der Waals surface area contributed by atoms with Crippen LogP contribution in [0, 0.1) is 0 Å². The average Bonchev–Trinajstić information content (AvgIpc) is 3.00. The van der Waals surface area contributed by atoms with Gasteiger partial charge in [-0.15, -0.1) is 11.3 Å². The molecule has 1 aliphatic rings. The highest BCUT2D eigenvalue weighted by molar-refractivity contribution is 7.12. The number of aryl methyl sites for hydroxylation is 1. The Kier molecular flexibility index (Phi) is 4.78. The second kappa shape index (κ2) is 6.15. The van der Waals surface area contributed by atoms with E-state index in [4.69, 9.17) is 10.5 Å². The van der Waals surface area contributed by atoms with Crippen molar-refractivity contribution in [2.75, 3.05) is 19.7 Å². The summed E-state index contributed by atoms with van der Waals surface area (Å²) in [5, 5.41) is 3.57. The van der Waals surface area contributed by atoms with E-state index < -0.39 is 0 Å². The normalized spacial score (nSPS) is 25.5. The second-order valence-corrected chi connectivity index (χ2v) is 6.43. The summed E-state index contributed by atoms with van der Waals surface area (Å²) in [7, 11) is 0. The molecule has 0 amide bonds. The van der Waals surface area contributed by atoms with Gasteiger partial charge in [0.1, 0.15) is 0 Å². The molecule has 0 spiro atoms. The lowest BCUT2D eigenvalue weighted by Gasteiger charge is -2.26. The Balaban J connectivity index is 1.92. The third-order valence-electron chi connectivity index (χ3n) is 3.63. The highest BCUT2D eigenvalue weighted by Gasteiger charge is 2.30. The van der Waals surface area contributed by atoms with Gasteiger partial charge in [0.15, 0.2) is 0 Å². The Morgan fingerprint density at radius 1 is 1.56 bits per heavy atom. The molecular weight excluding hydrogens is 244 g/mol. The Labute approximate surface area is 114 Å². The van der Waals surface area contributed by atoms with E-state index in [0.29, 0.717) is 6.54 Å². The van der Waals surface area contributed by atoms with E-state index in [1.165, 1.54) is 16.2 Å². The van der Waals surface area contributed by atoms with Gasteiger partial charge in [0.2, 0.25) is 0 Å². The van der Waals surface area contributed by atoms with Gasteiger partial charge >= 0.3 is 0 Å². The fourth-order valence-corrected chi connectivity index (χ4v) is 3.43. The minimum absolute atomic E-state index is 0.00172. The zero-order valence-corrected chi connectivity index (χ0v) is 12.2. The Bertz CT molecular complexity index is 372. The van der Waals surface area contributed by atoms with Crippen molar-refractivity contribution in [1.29, 1.82) is 0 Å². The number of rotatable bonds is 6. The van der Waals surface area contributed by atoms with Crippen LogP contribution in [0.25, 0.3) is 0 Å². The van der Waals surface area contributed by atoms with Crippen LogP contribution >= 0.6 is 11.3 Å². The quantitative estimate of drug-likeness (QED) is 0.833. The largest absolute Gasteiger partial charge is 0.374 e. The van der Waals surface area contributed by atoms with Crippen molar-refractivity contribution in [3.63, 3.8) is 0 Å². The predicted octanol–water partition coefficient (Wildman–Crippen LogP) is 2.47. The van der Waals surface area contributed by atoms with Crippen LogP contribution in [0.3, 0.4) is 0 Å². The van der Waals surface area contributed by atoms with Crippen molar-refractivity contribution in [3.05, 3.63) is 21.9 Å². The fourth-order valence-electron chi connectivity index (χ4n) is 2.39. The molecule has 2 heterocycles. The molecule has 1 aromatic rings. The smallest absolute Gasteiger partial charge is 0.0779 e. The van der Waals surface area contributed by atoms with Crippen LogP contribution in [0.4, 0.5) is 0 Å². The molecule has 3 N–H and O–H groups in total. The first-order valence-electron chi connectivity index (χ1n) is 6.83. The summed E-state index contributed by atoms with van der Waals surface area (Å²) in [5.74, 6) is 0. The Morgan fingerprint density at radius 2 is 2.39 bits per heavy atom. The minimum Gasteiger partial charge on any atom is -0.374 e. The summed E-state index contributed by atoms with van der Waals surface area (Å²) in [6.45, 7) is 6.79. The van der Waals surface area contributed by atoms with E-state index in [0.717, 1.165) is 26.0 Å². The van der Waals surface area contributed by atoms with Gasteiger partial charge in [-0.2, -0.15) is 0 Å². The molecule has 0 radical (unpaired) electrons. The second-order valence-electron chi connectivity index (χ2n) is 5.23. The van der Waals surface area contributed by atoms with Gasteiger partial charge in [0.05, 0.1) is 11.6 Å². The number of nitrogens with two attached hydrogens (primary N) is 1. The third-order valence-corrected chi connectivity index (χ3v) is 4.98. The molecule has 4 heteroatoms. The molecule has 1 saturated heterocycles. The fraction of sp³-hybridized carbons (Fsp3) is 0.714. The first-order valence-corrected chi connectivity index (χ1v) is 7.64. The van der Waals surface area contributed by atoms with Crippen LogP contribution in [0.2, 0.25) is 0 Å². The molecule has 102 valence electrons. The first kappa shape index (κ1) is 14.0. The maximum Gasteiger partial charge on any atom is 0.0779 e. The summed E-state index contributed by atoms with van der Waals surface area (Å²) in [6, 6.07) is 4.67. The number of hydrogen-bond acceptors (Lipinski definition) is 4. The van der Waals surface area contributed by atoms with Gasteiger partial charge in [0.25, 0.3) is 0 Å². The summed E-state index contributed by atoms with van der Waals surface area (Å²) in [6.07, 6.45) is 3.41. The maximum atomic E-state index is 5.89.